The van der Waals surface area contributed by atoms with Crippen molar-refractivity contribution in [1.82, 2.24) is 4.98 Å². The predicted octanol–water partition coefficient (Wildman–Crippen LogP) is 3.99. The molecule has 0 radical (unpaired) electrons. The summed E-state index contributed by atoms with van der Waals surface area (Å²) in [6.45, 7) is 4.10. The van der Waals surface area contributed by atoms with Gasteiger partial charge >= 0.3 is 0 Å². The van der Waals surface area contributed by atoms with E-state index in [1.807, 2.05) is 42.6 Å². The number of aliphatic hydroxyl groups is 1. The average Bonchev–Trinajstić information content (AvgIpc) is 2.84. The van der Waals surface area contributed by atoms with Crippen LogP contribution in [0.2, 0.25) is 0 Å². The Morgan fingerprint density at radius 1 is 1.16 bits per heavy atom. The Morgan fingerprint density at radius 2 is 1.95 bits per heavy atom. The smallest absolute Gasteiger partial charge is 0.122 e. The van der Waals surface area contributed by atoms with Crippen LogP contribution in [-0.4, -0.2) is 10.1 Å². The van der Waals surface area contributed by atoms with Gasteiger partial charge in [0.15, 0.2) is 0 Å². The van der Waals surface area contributed by atoms with Crippen LogP contribution in [0.3, 0.4) is 0 Å². The van der Waals surface area contributed by atoms with Crippen molar-refractivity contribution in [1.29, 1.82) is 0 Å². The number of aromatic nitrogens is 1. The average molecular weight is 269 g/mol. The molecule has 0 amide bonds. The van der Waals surface area contributed by atoms with Crippen LogP contribution < -0.4 is 0 Å². The fourth-order valence-electron chi connectivity index (χ4n) is 2.29. The Balaban J connectivity index is 2.10. The van der Waals surface area contributed by atoms with Crippen molar-refractivity contribution in [3.05, 3.63) is 63.5 Å². The van der Waals surface area contributed by atoms with Gasteiger partial charge in [-0.25, -0.2) is 4.98 Å². The molecule has 0 aliphatic rings. The summed E-state index contributed by atoms with van der Waals surface area (Å²) in [4.78, 5) is 5.78. The maximum atomic E-state index is 10.4. The third-order valence-corrected chi connectivity index (χ3v) is 4.17. The minimum absolute atomic E-state index is 0.645. The van der Waals surface area contributed by atoms with Gasteiger partial charge in [-0.2, -0.15) is 0 Å². The highest BCUT2D eigenvalue weighted by Gasteiger charge is 2.14. The lowest BCUT2D eigenvalue weighted by atomic mass is 10.0. The summed E-state index contributed by atoms with van der Waals surface area (Å²) in [7, 11) is 0. The van der Waals surface area contributed by atoms with Crippen molar-refractivity contribution < 1.29 is 5.11 Å². The number of fused-ring (bicyclic) bond motifs is 1. The highest BCUT2D eigenvalue weighted by atomic mass is 32.1. The van der Waals surface area contributed by atoms with E-state index in [0.717, 1.165) is 22.0 Å². The number of benzene rings is 1. The van der Waals surface area contributed by atoms with Gasteiger partial charge in [0, 0.05) is 10.3 Å². The molecule has 3 heteroatoms. The second-order valence-corrected chi connectivity index (χ2v) is 5.89. The van der Waals surface area contributed by atoms with Crippen LogP contribution in [0.1, 0.15) is 27.8 Å². The van der Waals surface area contributed by atoms with E-state index in [9.17, 15) is 5.11 Å². The van der Waals surface area contributed by atoms with Crippen molar-refractivity contribution in [2.75, 3.05) is 0 Å². The van der Waals surface area contributed by atoms with Crippen LogP contribution in [-0.2, 0) is 0 Å². The number of thiophene rings is 1. The van der Waals surface area contributed by atoms with Crippen molar-refractivity contribution in [2.24, 2.45) is 0 Å². The van der Waals surface area contributed by atoms with Gasteiger partial charge in [0.2, 0.25) is 0 Å². The number of rotatable bonds is 2. The monoisotopic (exact) mass is 269 g/mol. The Morgan fingerprint density at radius 3 is 2.68 bits per heavy atom. The molecule has 0 saturated heterocycles. The zero-order chi connectivity index (χ0) is 13.4. The summed E-state index contributed by atoms with van der Waals surface area (Å²) in [5.74, 6) is 0. The first-order valence-corrected chi connectivity index (χ1v) is 7.12. The van der Waals surface area contributed by atoms with Crippen LogP contribution in [0.15, 0.2) is 41.8 Å². The van der Waals surface area contributed by atoms with Crippen LogP contribution in [0.5, 0.6) is 0 Å². The number of para-hydroxylation sites is 1. The zero-order valence-electron chi connectivity index (χ0n) is 10.9. The molecule has 1 aromatic carbocycles. The van der Waals surface area contributed by atoms with Crippen molar-refractivity contribution in [2.45, 2.75) is 20.0 Å². The van der Waals surface area contributed by atoms with Crippen LogP contribution >= 0.6 is 11.3 Å². The molecular weight excluding hydrogens is 254 g/mol. The third-order valence-electron chi connectivity index (χ3n) is 3.29. The molecule has 0 saturated carbocycles. The quantitative estimate of drug-likeness (QED) is 0.763. The molecule has 0 aliphatic carbocycles. The maximum Gasteiger partial charge on any atom is 0.122 e. The molecule has 2 nitrogen and oxygen atoms in total. The summed E-state index contributed by atoms with van der Waals surface area (Å²) < 4.78 is 0. The van der Waals surface area contributed by atoms with E-state index in [1.165, 1.54) is 4.88 Å². The van der Waals surface area contributed by atoms with Gasteiger partial charge in [0.1, 0.15) is 6.10 Å². The predicted molar refractivity (Wildman–Crippen MR) is 79.6 cm³/mol. The summed E-state index contributed by atoms with van der Waals surface area (Å²) in [5, 5.41) is 13.6. The molecule has 1 unspecified atom stereocenters. The first-order chi connectivity index (χ1) is 9.15. The van der Waals surface area contributed by atoms with Crippen LogP contribution in [0.4, 0.5) is 0 Å². The maximum absolute atomic E-state index is 10.4. The minimum atomic E-state index is -0.645. The Kier molecular flexibility index (Phi) is 3.09. The molecule has 2 aromatic heterocycles. The second-order valence-electron chi connectivity index (χ2n) is 4.77. The van der Waals surface area contributed by atoms with E-state index >= 15 is 0 Å². The van der Waals surface area contributed by atoms with E-state index in [0.29, 0.717) is 5.69 Å². The number of aryl methyl sites for hydroxylation is 2. The molecule has 0 bridgehead atoms. The summed E-state index contributed by atoms with van der Waals surface area (Å²) in [6, 6.07) is 12.0. The van der Waals surface area contributed by atoms with E-state index in [2.05, 4.69) is 18.0 Å². The largest absolute Gasteiger partial charge is 0.382 e. The summed E-state index contributed by atoms with van der Waals surface area (Å²) in [6.07, 6.45) is -0.645. The first-order valence-electron chi connectivity index (χ1n) is 6.24. The van der Waals surface area contributed by atoms with Gasteiger partial charge in [-0.3, -0.25) is 0 Å². The van der Waals surface area contributed by atoms with Gasteiger partial charge in [0.05, 0.1) is 11.2 Å². The Bertz CT molecular complexity index is 732. The van der Waals surface area contributed by atoms with Gasteiger partial charge in [-0.05, 0) is 48.6 Å². The molecular formula is C16H15NOS. The van der Waals surface area contributed by atoms with E-state index in [1.54, 1.807) is 11.3 Å². The molecule has 3 aromatic rings. The number of hydrogen-bond acceptors (Lipinski definition) is 3. The third kappa shape index (κ3) is 2.27. The molecule has 1 N–H and O–H groups in total. The molecule has 19 heavy (non-hydrogen) atoms. The number of pyridine rings is 1. The highest BCUT2D eigenvalue weighted by Crippen LogP contribution is 2.27. The molecule has 2 heterocycles. The van der Waals surface area contributed by atoms with E-state index in [4.69, 9.17) is 0 Å². The van der Waals surface area contributed by atoms with Gasteiger partial charge in [0.25, 0.3) is 0 Å². The molecule has 0 aliphatic heterocycles. The lowest BCUT2D eigenvalue weighted by molar-refractivity contribution is 0.216. The number of aliphatic hydroxyl groups excluding tert-OH is 1. The summed E-state index contributed by atoms with van der Waals surface area (Å²) >= 11 is 1.65. The number of nitrogens with zero attached hydrogens (tertiary/aromatic N) is 1. The molecule has 0 spiro atoms. The minimum Gasteiger partial charge on any atom is -0.382 e. The first kappa shape index (κ1) is 12.3. The van der Waals surface area contributed by atoms with Gasteiger partial charge in [-0.15, -0.1) is 11.3 Å². The Hall–Kier alpha value is -1.71. The topological polar surface area (TPSA) is 33.1 Å². The fraction of sp³-hybridized carbons (Fsp3) is 0.188. The highest BCUT2D eigenvalue weighted by molar-refractivity contribution is 7.10. The van der Waals surface area contributed by atoms with Gasteiger partial charge in [-0.1, -0.05) is 18.2 Å². The summed E-state index contributed by atoms with van der Waals surface area (Å²) in [5.41, 5.74) is 3.72. The SMILES string of the molecule is Cc1cc(C(O)c2cc(C)c3ccccc3n2)cs1. The zero-order valence-corrected chi connectivity index (χ0v) is 11.7. The normalized spacial score (nSPS) is 12.8. The molecule has 0 fully saturated rings. The van der Waals surface area contributed by atoms with E-state index in [-0.39, 0.29) is 0 Å². The van der Waals surface area contributed by atoms with Crippen LogP contribution in [0.25, 0.3) is 10.9 Å². The molecule has 96 valence electrons. The van der Waals surface area contributed by atoms with Crippen molar-refractivity contribution in [3.8, 4) is 0 Å². The van der Waals surface area contributed by atoms with E-state index < -0.39 is 6.10 Å². The molecule has 1 atom stereocenters. The lowest BCUT2D eigenvalue weighted by Gasteiger charge is -2.11. The van der Waals surface area contributed by atoms with Crippen molar-refractivity contribution in [3.63, 3.8) is 0 Å². The lowest BCUT2D eigenvalue weighted by Crippen LogP contribution is -2.02. The molecule has 3 rings (SSSR count). The Labute approximate surface area is 116 Å². The van der Waals surface area contributed by atoms with Crippen molar-refractivity contribution >= 4 is 22.2 Å². The van der Waals surface area contributed by atoms with Crippen LogP contribution in [0, 0.1) is 13.8 Å². The second kappa shape index (κ2) is 4.76. The standard InChI is InChI=1S/C16H15NOS/c1-10-7-15(16(18)12-8-11(2)19-9-12)17-14-6-4-3-5-13(10)14/h3-9,16,18H,1-2H3. The van der Waals surface area contributed by atoms with Gasteiger partial charge < -0.3 is 5.11 Å². The fourth-order valence-corrected chi connectivity index (χ4v) is 3.02. The number of hydrogen-bond donors (Lipinski definition) is 1.